The number of nitrogens with zero attached hydrogens (tertiary/aromatic N) is 2. The molecule has 2 N–H and O–H groups in total. The number of carboxylic acids is 2. The van der Waals surface area contributed by atoms with E-state index in [1.807, 2.05) is 25.3 Å². The molecule has 1 aromatic heterocycles. The second-order valence-corrected chi connectivity index (χ2v) is 10.8. The summed E-state index contributed by atoms with van der Waals surface area (Å²) in [6.45, 7) is 4.50. The van der Waals surface area contributed by atoms with Gasteiger partial charge in [0.2, 0.25) is 0 Å². The van der Waals surface area contributed by atoms with E-state index in [1.165, 1.54) is 38.9 Å². The van der Waals surface area contributed by atoms with Crippen LogP contribution in [0, 0.1) is 0 Å². The van der Waals surface area contributed by atoms with Crippen LogP contribution in [0.1, 0.15) is 23.1 Å². The summed E-state index contributed by atoms with van der Waals surface area (Å²) >= 11 is 0. The SMILES string of the molecule is COC1CCN(Cc2ccc(Cn3c(-c4ccc(OCc5ccccc5)cc4)cc4ccccc43)cc2)C1.O=C(O)C(=O)O. The Kier molecular flexibility index (Phi) is 10.1. The van der Waals surface area contributed by atoms with Crippen LogP contribution in [0.4, 0.5) is 0 Å². The van der Waals surface area contributed by atoms with Crippen LogP contribution in [0.25, 0.3) is 22.2 Å². The molecule has 0 saturated carbocycles. The standard InChI is InChI=1S/C34H34N2O2.C2H2O4/c1-37-32-19-20-35(24-32)22-26-11-13-27(14-12-26)23-36-33-10-6-5-9-30(33)21-34(36)29-15-17-31(18-16-29)38-25-28-7-3-2-4-8-28;3-1(4)2(5)6/h2-18,21,32H,19-20,22-25H2,1H3;(H,3,4)(H,5,6). The zero-order valence-corrected chi connectivity index (χ0v) is 24.6. The monoisotopic (exact) mass is 592 g/mol. The number of hydrogen-bond donors (Lipinski definition) is 2. The van der Waals surface area contributed by atoms with Gasteiger partial charge < -0.3 is 24.3 Å². The lowest BCUT2D eigenvalue weighted by Crippen LogP contribution is -2.22. The van der Waals surface area contributed by atoms with Crippen LogP contribution in [0.2, 0.25) is 0 Å². The number of para-hydroxylation sites is 1. The fourth-order valence-corrected chi connectivity index (χ4v) is 5.41. The van der Waals surface area contributed by atoms with Gasteiger partial charge in [-0.05, 0) is 65.1 Å². The lowest BCUT2D eigenvalue weighted by Gasteiger charge is -2.16. The summed E-state index contributed by atoms with van der Waals surface area (Å²) in [4.78, 5) is 20.7. The number of carbonyl (C=O) groups is 2. The van der Waals surface area contributed by atoms with Crippen molar-refractivity contribution >= 4 is 22.8 Å². The van der Waals surface area contributed by atoms with Crippen molar-refractivity contribution in [2.75, 3.05) is 20.2 Å². The minimum Gasteiger partial charge on any atom is -0.489 e. The van der Waals surface area contributed by atoms with Gasteiger partial charge in [-0.15, -0.1) is 0 Å². The topological polar surface area (TPSA) is 101 Å². The third-order valence-corrected chi connectivity index (χ3v) is 7.72. The molecule has 0 spiro atoms. The first-order valence-electron chi connectivity index (χ1n) is 14.5. The number of carboxylic acid groups (broad SMARTS) is 2. The number of likely N-dealkylation sites (tertiary alicyclic amines) is 1. The van der Waals surface area contributed by atoms with Crippen molar-refractivity contribution in [3.8, 4) is 17.0 Å². The fraction of sp³-hybridized carbons (Fsp3) is 0.222. The van der Waals surface area contributed by atoms with Crippen molar-refractivity contribution < 1.29 is 29.3 Å². The lowest BCUT2D eigenvalue weighted by atomic mass is 10.1. The second kappa shape index (κ2) is 14.5. The first kappa shape index (κ1) is 30.5. The van der Waals surface area contributed by atoms with Crippen molar-refractivity contribution in [3.05, 3.63) is 126 Å². The molecule has 0 radical (unpaired) electrons. The molecular weight excluding hydrogens is 556 g/mol. The van der Waals surface area contributed by atoms with Crippen LogP contribution in [-0.2, 0) is 34.0 Å². The summed E-state index contributed by atoms with van der Waals surface area (Å²) in [6, 6.07) is 38.8. The molecule has 44 heavy (non-hydrogen) atoms. The summed E-state index contributed by atoms with van der Waals surface area (Å²) in [7, 11) is 1.82. The van der Waals surface area contributed by atoms with Crippen LogP contribution in [0.15, 0.2) is 109 Å². The molecule has 5 aromatic rings. The minimum atomic E-state index is -1.82. The minimum absolute atomic E-state index is 0.374. The fourth-order valence-electron chi connectivity index (χ4n) is 5.41. The van der Waals surface area contributed by atoms with Crippen molar-refractivity contribution in [1.29, 1.82) is 0 Å². The molecule has 1 aliphatic rings. The van der Waals surface area contributed by atoms with Crippen LogP contribution < -0.4 is 4.74 Å². The highest BCUT2D eigenvalue weighted by Crippen LogP contribution is 2.31. The van der Waals surface area contributed by atoms with E-state index >= 15 is 0 Å². The van der Waals surface area contributed by atoms with E-state index in [1.54, 1.807) is 0 Å². The van der Waals surface area contributed by atoms with Gasteiger partial charge in [-0.25, -0.2) is 9.59 Å². The van der Waals surface area contributed by atoms with Gasteiger partial charge >= 0.3 is 11.9 Å². The third kappa shape index (κ3) is 7.92. The number of benzene rings is 4. The average molecular weight is 593 g/mol. The summed E-state index contributed by atoms with van der Waals surface area (Å²) in [5.41, 5.74) is 7.48. The maximum Gasteiger partial charge on any atom is 0.414 e. The Labute approximate surface area is 256 Å². The van der Waals surface area contributed by atoms with Gasteiger partial charge in [-0.1, -0.05) is 72.8 Å². The normalized spacial score (nSPS) is 14.6. The van der Waals surface area contributed by atoms with Gasteiger partial charge in [0.25, 0.3) is 0 Å². The molecule has 0 bridgehead atoms. The van der Waals surface area contributed by atoms with E-state index in [4.69, 9.17) is 29.3 Å². The summed E-state index contributed by atoms with van der Waals surface area (Å²) < 4.78 is 14.0. The Morgan fingerprint density at radius 2 is 1.41 bits per heavy atom. The summed E-state index contributed by atoms with van der Waals surface area (Å²) in [5, 5.41) is 16.0. The molecule has 1 unspecified atom stereocenters. The van der Waals surface area contributed by atoms with Crippen molar-refractivity contribution in [2.45, 2.75) is 32.2 Å². The van der Waals surface area contributed by atoms with Gasteiger partial charge in [0.15, 0.2) is 0 Å². The zero-order valence-electron chi connectivity index (χ0n) is 24.6. The van der Waals surface area contributed by atoms with Crippen molar-refractivity contribution in [3.63, 3.8) is 0 Å². The Balaban J connectivity index is 0.000000584. The Morgan fingerprint density at radius 1 is 0.773 bits per heavy atom. The molecule has 1 atom stereocenters. The number of ether oxygens (including phenoxy) is 2. The highest BCUT2D eigenvalue weighted by Gasteiger charge is 2.21. The van der Waals surface area contributed by atoms with Gasteiger partial charge in [0, 0.05) is 49.9 Å². The van der Waals surface area contributed by atoms with Crippen LogP contribution in [-0.4, -0.2) is 57.9 Å². The molecule has 8 nitrogen and oxygen atoms in total. The third-order valence-electron chi connectivity index (χ3n) is 7.72. The number of rotatable bonds is 9. The average Bonchev–Trinajstić information content (AvgIpc) is 3.66. The molecule has 2 heterocycles. The molecule has 6 rings (SSSR count). The van der Waals surface area contributed by atoms with Gasteiger partial charge in [-0.3, -0.25) is 4.90 Å². The largest absolute Gasteiger partial charge is 0.489 e. The van der Waals surface area contributed by atoms with Gasteiger partial charge in [0.05, 0.1) is 6.10 Å². The Morgan fingerprint density at radius 3 is 2.05 bits per heavy atom. The second-order valence-electron chi connectivity index (χ2n) is 10.8. The number of aliphatic carboxylic acids is 2. The van der Waals surface area contributed by atoms with Crippen molar-refractivity contribution in [1.82, 2.24) is 9.47 Å². The number of hydrogen-bond acceptors (Lipinski definition) is 5. The number of aromatic nitrogens is 1. The maximum absolute atomic E-state index is 9.10. The molecular formula is C36H36N2O6. The first-order chi connectivity index (χ1) is 21.4. The first-order valence-corrected chi connectivity index (χ1v) is 14.5. The highest BCUT2D eigenvalue weighted by atomic mass is 16.5. The predicted octanol–water partition coefficient (Wildman–Crippen LogP) is 6.31. The molecule has 1 fully saturated rings. The molecule has 8 heteroatoms. The molecule has 4 aromatic carbocycles. The smallest absolute Gasteiger partial charge is 0.414 e. The van der Waals surface area contributed by atoms with Gasteiger partial charge in [0.1, 0.15) is 12.4 Å². The summed E-state index contributed by atoms with van der Waals surface area (Å²) in [5.74, 6) is -2.77. The molecule has 0 amide bonds. The molecule has 1 saturated heterocycles. The van der Waals surface area contributed by atoms with E-state index in [9.17, 15) is 0 Å². The molecule has 0 aliphatic carbocycles. The van der Waals surface area contributed by atoms with Crippen molar-refractivity contribution in [2.24, 2.45) is 0 Å². The summed E-state index contributed by atoms with van der Waals surface area (Å²) in [6.07, 6.45) is 1.50. The Hall–Kier alpha value is -4.92. The van der Waals surface area contributed by atoms with Crippen LogP contribution >= 0.6 is 0 Å². The molecule has 226 valence electrons. The number of fused-ring (bicyclic) bond motifs is 1. The predicted molar refractivity (Wildman–Crippen MR) is 170 cm³/mol. The lowest BCUT2D eigenvalue weighted by molar-refractivity contribution is -0.159. The van der Waals surface area contributed by atoms with Crippen LogP contribution in [0.3, 0.4) is 0 Å². The quantitative estimate of drug-likeness (QED) is 0.193. The van der Waals surface area contributed by atoms with E-state index in [2.05, 4.69) is 100 Å². The van der Waals surface area contributed by atoms with E-state index < -0.39 is 11.9 Å². The van der Waals surface area contributed by atoms with Crippen LogP contribution in [0.5, 0.6) is 5.75 Å². The zero-order chi connectivity index (χ0) is 30.9. The highest BCUT2D eigenvalue weighted by molar-refractivity contribution is 6.27. The Bertz CT molecular complexity index is 1670. The maximum atomic E-state index is 9.10. The number of methoxy groups -OCH3 is 1. The van der Waals surface area contributed by atoms with E-state index in [-0.39, 0.29) is 0 Å². The van der Waals surface area contributed by atoms with E-state index in [0.29, 0.717) is 12.7 Å². The van der Waals surface area contributed by atoms with E-state index in [0.717, 1.165) is 38.3 Å². The van der Waals surface area contributed by atoms with Gasteiger partial charge in [-0.2, -0.15) is 0 Å². The molecule has 1 aliphatic heterocycles.